The van der Waals surface area contributed by atoms with Crippen molar-refractivity contribution in [3.05, 3.63) is 16.9 Å². The molecular formula is C9H13ClN2S. The summed E-state index contributed by atoms with van der Waals surface area (Å²) < 4.78 is 0. The number of rotatable bonds is 4. The Labute approximate surface area is 88.1 Å². The maximum Gasteiger partial charge on any atom is 0.189 e. The maximum absolute atomic E-state index is 5.86. The largest absolute Gasteiger partial charge is 0.228 e. The normalized spacial score (nSPS) is 10.4. The summed E-state index contributed by atoms with van der Waals surface area (Å²) in [5, 5.41) is 1.34. The minimum absolute atomic E-state index is 0.550. The fourth-order valence-electron chi connectivity index (χ4n) is 1.02. The third-order valence-electron chi connectivity index (χ3n) is 1.51. The fourth-order valence-corrected chi connectivity index (χ4v) is 1.88. The van der Waals surface area contributed by atoms with Gasteiger partial charge in [-0.2, -0.15) is 0 Å². The highest BCUT2D eigenvalue weighted by molar-refractivity contribution is 7.99. The van der Waals surface area contributed by atoms with Gasteiger partial charge in [-0.3, -0.25) is 0 Å². The van der Waals surface area contributed by atoms with Gasteiger partial charge in [-0.1, -0.05) is 43.6 Å². The monoisotopic (exact) mass is 216 g/mol. The van der Waals surface area contributed by atoms with Crippen molar-refractivity contribution >= 4 is 23.4 Å². The molecule has 0 radical (unpaired) electrons. The van der Waals surface area contributed by atoms with Crippen LogP contribution >= 0.6 is 23.4 Å². The van der Waals surface area contributed by atoms with E-state index in [1.807, 2.05) is 6.07 Å². The summed E-state index contributed by atoms with van der Waals surface area (Å²) in [6, 6.07) is 1.84. The zero-order chi connectivity index (χ0) is 9.68. The average Bonchev–Trinajstić information content (AvgIpc) is 2.04. The highest BCUT2D eigenvalue weighted by Crippen LogP contribution is 2.16. The maximum atomic E-state index is 5.86. The fraction of sp³-hybridized carbons (Fsp3) is 0.556. The molecule has 0 fully saturated rings. The second-order valence-electron chi connectivity index (χ2n) is 2.65. The number of hydrogen-bond acceptors (Lipinski definition) is 3. The van der Waals surface area contributed by atoms with Crippen LogP contribution in [0.25, 0.3) is 0 Å². The molecular weight excluding hydrogens is 204 g/mol. The Morgan fingerprint density at radius 3 is 2.77 bits per heavy atom. The average molecular weight is 217 g/mol. The molecule has 13 heavy (non-hydrogen) atoms. The molecule has 72 valence electrons. The van der Waals surface area contributed by atoms with Gasteiger partial charge in [0.1, 0.15) is 5.15 Å². The number of thioether (sulfide) groups is 1. The Balaban J connectivity index is 2.83. The Morgan fingerprint density at radius 2 is 2.15 bits per heavy atom. The van der Waals surface area contributed by atoms with E-state index in [9.17, 15) is 0 Å². The smallest absolute Gasteiger partial charge is 0.189 e. The Morgan fingerprint density at radius 1 is 1.38 bits per heavy atom. The zero-order valence-electron chi connectivity index (χ0n) is 7.88. The minimum atomic E-state index is 0.550. The van der Waals surface area contributed by atoms with Crippen molar-refractivity contribution in [2.45, 2.75) is 31.8 Å². The van der Waals surface area contributed by atoms with Crippen LogP contribution in [0.5, 0.6) is 0 Å². The van der Waals surface area contributed by atoms with E-state index in [-0.39, 0.29) is 0 Å². The van der Waals surface area contributed by atoms with Crippen molar-refractivity contribution in [1.29, 1.82) is 0 Å². The number of aryl methyl sites for hydroxylation is 1. The Hall–Kier alpha value is -0.280. The summed E-state index contributed by atoms with van der Waals surface area (Å²) in [7, 11) is 0. The second-order valence-corrected chi connectivity index (χ2v) is 4.27. The van der Waals surface area contributed by atoms with E-state index in [0.717, 1.165) is 29.4 Å². The minimum Gasteiger partial charge on any atom is -0.228 e. The molecule has 0 amide bonds. The van der Waals surface area contributed by atoms with E-state index < -0.39 is 0 Å². The summed E-state index contributed by atoms with van der Waals surface area (Å²) in [6.07, 6.45) is 2.06. The van der Waals surface area contributed by atoms with Crippen LogP contribution < -0.4 is 0 Å². The van der Waals surface area contributed by atoms with Crippen molar-refractivity contribution in [2.75, 3.05) is 5.75 Å². The molecule has 0 bridgehead atoms. The summed E-state index contributed by atoms with van der Waals surface area (Å²) in [6.45, 7) is 4.21. The lowest BCUT2D eigenvalue weighted by molar-refractivity contribution is 0.828. The van der Waals surface area contributed by atoms with Gasteiger partial charge in [-0.25, -0.2) is 9.97 Å². The van der Waals surface area contributed by atoms with Crippen LogP contribution in [0.1, 0.15) is 26.0 Å². The van der Waals surface area contributed by atoms with E-state index in [1.54, 1.807) is 11.8 Å². The van der Waals surface area contributed by atoms with E-state index >= 15 is 0 Å². The molecule has 0 atom stereocenters. The molecule has 0 spiro atoms. The number of aromatic nitrogens is 2. The molecule has 2 nitrogen and oxygen atoms in total. The number of hydrogen-bond donors (Lipinski definition) is 0. The highest BCUT2D eigenvalue weighted by Gasteiger charge is 2.01. The first kappa shape index (κ1) is 10.8. The third-order valence-corrected chi connectivity index (χ3v) is 2.43. The van der Waals surface area contributed by atoms with Crippen molar-refractivity contribution in [3.8, 4) is 0 Å². The van der Waals surface area contributed by atoms with Crippen molar-refractivity contribution in [1.82, 2.24) is 9.97 Å². The predicted molar refractivity (Wildman–Crippen MR) is 57.4 cm³/mol. The second kappa shape index (κ2) is 5.45. The lowest BCUT2D eigenvalue weighted by Crippen LogP contribution is -1.94. The van der Waals surface area contributed by atoms with E-state index in [2.05, 4.69) is 23.8 Å². The van der Waals surface area contributed by atoms with Gasteiger partial charge in [0.25, 0.3) is 0 Å². The molecule has 1 heterocycles. The Kier molecular flexibility index (Phi) is 4.53. The molecule has 0 N–H and O–H groups in total. The van der Waals surface area contributed by atoms with Crippen molar-refractivity contribution in [3.63, 3.8) is 0 Å². The highest BCUT2D eigenvalue weighted by atomic mass is 35.5. The SMILES string of the molecule is CCCc1cc(Cl)nc(SCC)n1. The van der Waals surface area contributed by atoms with Gasteiger partial charge >= 0.3 is 0 Å². The van der Waals surface area contributed by atoms with Crippen molar-refractivity contribution in [2.24, 2.45) is 0 Å². The van der Waals surface area contributed by atoms with E-state index in [1.165, 1.54) is 0 Å². The molecule has 0 aliphatic carbocycles. The van der Waals surface area contributed by atoms with Gasteiger partial charge in [0.05, 0.1) is 0 Å². The molecule has 0 unspecified atom stereocenters. The van der Waals surface area contributed by atoms with Crippen LogP contribution in [0.2, 0.25) is 5.15 Å². The quantitative estimate of drug-likeness (QED) is 0.439. The van der Waals surface area contributed by atoms with Crippen LogP contribution in [0.4, 0.5) is 0 Å². The van der Waals surface area contributed by atoms with Crippen LogP contribution in [0, 0.1) is 0 Å². The third kappa shape index (κ3) is 3.53. The number of nitrogens with zero attached hydrogens (tertiary/aromatic N) is 2. The molecule has 1 rings (SSSR count). The molecule has 1 aromatic rings. The van der Waals surface area contributed by atoms with Crippen LogP contribution in [-0.2, 0) is 6.42 Å². The molecule has 0 aliphatic rings. The summed E-state index contributed by atoms with van der Waals surface area (Å²) in [5.74, 6) is 0.978. The first-order valence-corrected chi connectivity index (χ1v) is 5.78. The first-order chi connectivity index (χ1) is 6.26. The van der Waals surface area contributed by atoms with Crippen LogP contribution in [0.3, 0.4) is 0 Å². The van der Waals surface area contributed by atoms with Gasteiger partial charge in [0.15, 0.2) is 5.16 Å². The van der Waals surface area contributed by atoms with Gasteiger partial charge in [-0.05, 0) is 18.2 Å². The standard InChI is InChI=1S/C9H13ClN2S/c1-3-5-7-6-8(10)12-9(11-7)13-4-2/h6H,3-5H2,1-2H3. The van der Waals surface area contributed by atoms with Crippen LogP contribution in [0.15, 0.2) is 11.2 Å². The summed E-state index contributed by atoms with van der Waals surface area (Å²) in [4.78, 5) is 8.50. The molecule has 4 heteroatoms. The van der Waals surface area contributed by atoms with E-state index in [0.29, 0.717) is 5.15 Å². The van der Waals surface area contributed by atoms with E-state index in [4.69, 9.17) is 11.6 Å². The zero-order valence-corrected chi connectivity index (χ0v) is 9.45. The predicted octanol–water partition coefficient (Wildman–Crippen LogP) is 3.19. The topological polar surface area (TPSA) is 25.8 Å². The lowest BCUT2D eigenvalue weighted by atomic mass is 10.2. The molecule has 0 saturated heterocycles. The molecule has 1 aromatic heterocycles. The number of halogens is 1. The van der Waals surface area contributed by atoms with Crippen LogP contribution in [-0.4, -0.2) is 15.7 Å². The lowest BCUT2D eigenvalue weighted by Gasteiger charge is -2.01. The summed E-state index contributed by atoms with van der Waals surface area (Å²) >= 11 is 7.48. The Bertz CT molecular complexity index is 254. The molecule has 0 aliphatic heterocycles. The van der Waals surface area contributed by atoms with Gasteiger partial charge in [0.2, 0.25) is 0 Å². The first-order valence-electron chi connectivity index (χ1n) is 4.42. The summed E-state index contributed by atoms with van der Waals surface area (Å²) in [5.41, 5.74) is 1.04. The molecule has 0 aromatic carbocycles. The molecule has 0 saturated carbocycles. The van der Waals surface area contributed by atoms with Crippen molar-refractivity contribution < 1.29 is 0 Å². The van der Waals surface area contributed by atoms with Gasteiger partial charge in [-0.15, -0.1) is 0 Å². The van der Waals surface area contributed by atoms with Gasteiger partial charge in [0, 0.05) is 5.69 Å². The van der Waals surface area contributed by atoms with Gasteiger partial charge < -0.3 is 0 Å².